The van der Waals surface area contributed by atoms with Crippen LogP contribution in [0.25, 0.3) is 38.4 Å². The van der Waals surface area contributed by atoms with Gasteiger partial charge in [-0.2, -0.15) is 0 Å². The summed E-state index contributed by atoms with van der Waals surface area (Å²) in [6.07, 6.45) is 3.91. The maximum absolute atomic E-state index is 5.51. The highest BCUT2D eigenvalue weighted by Gasteiger charge is 2.19. The summed E-state index contributed by atoms with van der Waals surface area (Å²) in [5.74, 6) is 1.70. The molecule has 0 unspecified atom stereocenters. The average Bonchev–Trinajstić information content (AvgIpc) is 3.53. The van der Waals surface area contributed by atoms with E-state index in [1.54, 1.807) is 11.3 Å². The molecule has 1 saturated heterocycles. The third-order valence-corrected chi connectivity index (χ3v) is 6.78. The first-order chi connectivity index (χ1) is 16.3. The summed E-state index contributed by atoms with van der Waals surface area (Å²) in [6, 6.07) is 20.7. The lowest BCUT2D eigenvalue weighted by molar-refractivity contribution is 0.0331. The predicted molar refractivity (Wildman–Crippen MR) is 132 cm³/mol. The molecule has 1 aliphatic heterocycles. The smallest absolute Gasteiger partial charge is 0.151 e. The van der Waals surface area contributed by atoms with Crippen molar-refractivity contribution in [2.75, 3.05) is 26.3 Å². The molecule has 4 heterocycles. The van der Waals surface area contributed by atoms with Gasteiger partial charge in [0.25, 0.3) is 0 Å². The first-order valence-corrected chi connectivity index (χ1v) is 12.0. The third kappa shape index (κ3) is 4.06. The lowest BCUT2D eigenvalue weighted by atomic mass is 10.1. The van der Waals surface area contributed by atoms with Crippen LogP contribution in [0.15, 0.2) is 78.6 Å². The second-order valence-electron chi connectivity index (χ2n) is 8.08. The van der Waals surface area contributed by atoms with Gasteiger partial charge in [-0.25, -0.2) is 15.0 Å². The van der Waals surface area contributed by atoms with Gasteiger partial charge in [0.05, 0.1) is 30.8 Å². The van der Waals surface area contributed by atoms with E-state index in [-0.39, 0.29) is 0 Å². The molecule has 0 spiro atoms. The predicted octanol–water partition coefficient (Wildman–Crippen LogP) is 5.04. The van der Waals surface area contributed by atoms with Gasteiger partial charge in [-0.3, -0.25) is 9.47 Å². The second-order valence-corrected chi connectivity index (χ2v) is 8.94. The van der Waals surface area contributed by atoms with Crippen molar-refractivity contribution in [1.82, 2.24) is 24.4 Å². The Balaban J connectivity index is 1.48. The summed E-state index contributed by atoms with van der Waals surface area (Å²) in [7, 11) is 0. The van der Waals surface area contributed by atoms with Crippen molar-refractivity contribution >= 4 is 21.6 Å². The monoisotopic (exact) mass is 453 g/mol. The fourth-order valence-corrected chi connectivity index (χ4v) is 5.17. The van der Waals surface area contributed by atoms with Crippen LogP contribution in [-0.2, 0) is 11.3 Å². The quantitative estimate of drug-likeness (QED) is 0.373. The van der Waals surface area contributed by atoms with Crippen molar-refractivity contribution in [3.05, 3.63) is 84.4 Å². The zero-order valence-electron chi connectivity index (χ0n) is 18.1. The highest BCUT2D eigenvalue weighted by Crippen LogP contribution is 2.36. The van der Waals surface area contributed by atoms with Crippen LogP contribution in [0.5, 0.6) is 0 Å². The molecule has 0 bridgehead atoms. The molecular weight excluding hydrogens is 430 g/mol. The highest BCUT2D eigenvalue weighted by atomic mass is 32.1. The standard InChI is InChI=1S/C26H23N5OS/c1-3-7-19(8-4-1)21-17-33-26-24(21)25(28-23(29-26)16-30-11-13-32-14-12-30)31-15-22(27-18-31)20-9-5-2-6-10-20/h1-10,15,17-18H,11-14,16H2. The second kappa shape index (κ2) is 8.86. The highest BCUT2D eigenvalue weighted by molar-refractivity contribution is 7.17. The number of hydrogen-bond acceptors (Lipinski definition) is 6. The van der Waals surface area contributed by atoms with Gasteiger partial charge in [-0.15, -0.1) is 11.3 Å². The Kier molecular flexibility index (Phi) is 5.43. The Morgan fingerprint density at radius 2 is 1.61 bits per heavy atom. The first-order valence-electron chi connectivity index (χ1n) is 11.1. The van der Waals surface area contributed by atoms with Gasteiger partial charge in [-0.1, -0.05) is 60.7 Å². The molecule has 0 radical (unpaired) electrons. The number of morpholine rings is 1. The molecule has 0 atom stereocenters. The van der Waals surface area contributed by atoms with E-state index in [1.807, 2.05) is 35.2 Å². The van der Waals surface area contributed by atoms with Crippen LogP contribution in [-0.4, -0.2) is 50.7 Å². The van der Waals surface area contributed by atoms with Gasteiger partial charge in [0, 0.05) is 35.8 Å². The summed E-state index contributed by atoms with van der Waals surface area (Å²) in [6.45, 7) is 4.03. The van der Waals surface area contributed by atoms with E-state index in [9.17, 15) is 0 Å². The number of imidazole rings is 1. The van der Waals surface area contributed by atoms with Crippen molar-refractivity contribution in [2.45, 2.75) is 6.54 Å². The molecule has 0 amide bonds. The van der Waals surface area contributed by atoms with Crippen LogP contribution in [0.3, 0.4) is 0 Å². The van der Waals surface area contributed by atoms with E-state index < -0.39 is 0 Å². The number of nitrogens with zero attached hydrogens (tertiary/aromatic N) is 5. The number of rotatable bonds is 5. The van der Waals surface area contributed by atoms with E-state index in [2.05, 4.69) is 57.9 Å². The fraction of sp³-hybridized carbons (Fsp3) is 0.192. The SMILES string of the molecule is c1ccc(-c2cn(-c3nc(CN4CCOCC4)nc4scc(-c5ccccc5)c34)cn2)cc1. The maximum Gasteiger partial charge on any atom is 0.151 e. The van der Waals surface area contributed by atoms with E-state index in [1.165, 1.54) is 0 Å². The Morgan fingerprint density at radius 1 is 0.879 bits per heavy atom. The number of benzene rings is 2. The average molecular weight is 454 g/mol. The minimum Gasteiger partial charge on any atom is -0.379 e. The van der Waals surface area contributed by atoms with E-state index in [0.717, 1.165) is 70.5 Å². The molecule has 2 aromatic carbocycles. The zero-order valence-corrected chi connectivity index (χ0v) is 18.9. The molecule has 7 heteroatoms. The van der Waals surface area contributed by atoms with Crippen LogP contribution >= 0.6 is 11.3 Å². The van der Waals surface area contributed by atoms with E-state index >= 15 is 0 Å². The molecule has 33 heavy (non-hydrogen) atoms. The number of thiophene rings is 1. The van der Waals surface area contributed by atoms with Gasteiger partial charge in [0.2, 0.25) is 0 Å². The van der Waals surface area contributed by atoms with Crippen molar-refractivity contribution in [2.24, 2.45) is 0 Å². The largest absolute Gasteiger partial charge is 0.379 e. The molecule has 6 rings (SSSR count). The maximum atomic E-state index is 5.51. The summed E-state index contributed by atoms with van der Waals surface area (Å²) in [4.78, 5) is 18.1. The summed E-state index contributed by atoms with van der Waals surface area (Å²) in [5.41, 5.74) is 4.33. The Labute approximate surface area is 196 Å². The zero-order chi connectivity index (χ0) is 22.0. The Bertz CT molecular complexity index is 1370. The minimum atomic E-state index is 0.713. The normalized spacial score (nSPS) is 14.7. The number of ether oxygens (including phenoxy) is 1. The molecular formula is C26H23N5OS. The van der Waals surface area contributed by atoms with Crippen molar-refractivity contribution in [3.8, 4) is 28.2 Å². The van der Waals surface area contributed by atoms with Crippen LogP contribution < -0.4 is 0 Å². The van der Waals surface area contributed by atoms with Gasteiger partial charge in [-0.05, 0) is 5.56 Å². The summed E-state index contributed by atoms with van der Waals surface area (Å²) >= 11 is 1.67. The molecule has 1 fully saturated rings. The summed E-state index contributed by atoms with van der Waals surface area (Å²) < 4.78 is 7.54. The van der Waals surface area contributed by atoms with E-state index in [4.69, 9.17) is 14.7 Å². The van der Waals surface area contributed by atoms with Crippen molar-refractivity contribution < 1.29 is 4.74 Å². The van der Waals surface area contributed by atoms with Gasteiger partial charge >= 0.3 is 0 Å². The molecule has 0 saturated carbocycles. The molecule has 0 N–H and O–H groups in total. The topological polar surface area (TPSA) is 56.1 Å². The van der Waals surface area contributed by atoms with E-state index in [0.29, 0.717) is 6.54 Å². The molecule has 164 valence electrons. The Hall–Kier alpha value is -3.39. The van der Waals surface area contributed by atoms with Gasteiger partial charge in [0.15, 0.2) is 5.82 Å². The van der Waals surface area contributed by atoms with Crippen molar-refractivity contribution in [1.29, 1.82) is 0 Å². The third-order valence-electron chi connectivity index (χ3n) is 5.91. The molecule has 5 aromatic rings. The lowest BCUT2D eigenvalue weighted by Crippen LogP contribution is -2.36. The molecule has 0 aliphatic carbocycles. The first kappa shape index (κ1) is 20.2. The number of hydrogen-bond donors (Lipinski definition) is 0. The molecule has 1 aliphatic rings. The van der Waals surface area contributed by atoms with Crippen LogP contribution in [0, 0.1) is 0 Å². The minimum absolute atomic E-state index is 0.713. The molecule has 6 nitrogen and oxygen atoms in total. The van der Waals surface area contributed by atoms with Gasteiger partial charge < -0.3 is 4.74 Å². The fourth-order valence-electron chi connectivity index (χ4n) is 4.21. The van der Waals surface area contributed by atoms with Crippen molar-refractivity contribution in [3.63, 3.8) is 0 Å². The van der Waals surface area contributed by atoms with Gasteiger partial charge in [0.1, 0.15) is 17.0 Å². The number of aromatic nitrogens is 4. The Morgan fingerprint density at radius 3 is 2.36 bits per heavy atom. The lowest BCUT2D eigenvalue weighted by Gasteiger charge is -2.25. The summed E-state index contributed by atoms with van der Waals surface area (Å²) in [5, 5.41) is 3.25. The number of fused-ring (bicyclic) bond motifs is 1. The molecule has 3 aromatic heterocycles. The van der Waals surface area contributed by atoms with Crippen LogP contribution in [0.2, 0.25) is 0 Å². The van der Waals surface area contributed by atoms with Crippen LogP contribution in [0.1, 0.15) is 5.82 Å². The van der Waals surface area contributed by atoms with Crippen LogP contribution in [0.4, 0.5) is 0 Å².